The molecule has 1 N–H and O–H groups in total. The third kappa shape index (κ3) is 4.32. The molecule has 1 aliphatic heterocycles. The summed E-state index contributed by atoms with van der Waals surface area (Å²) >= 11 is 0. The second kappa shape index (κ2) is 7.41. The normalized spacial score (nSPS) is 17.1. The van der Waals surface area contributed by atoms with Crippen molar-refractivity contribution in [1.82, 2.24) is 15.1 Å². The number of likely N-dealkylation sites (N-methyl/N-ethyl adjacent to an activating group) is 1. The van der Waals surface area contributed by atoms with E-state index in [1.807, 2.05) is 31.2 Å². The number of piperazine rings is 1. The Morgan fingerprint density at radius 3 is 2.60 bits per heavy atom. The molecule has 1 aromatic rings. The molecule has 0 aliphatic carbocycles. The predicted octanol–water partition coefficient (Wildman–Crippen LogP) is 1.36. The predicted molar refractivity (Wildman–Crippen MR) is 82.1 cm³/mol. The summed E-state index contributed by atoms with van der Waals surface area (Å²) in [5, 5.41) is 3.01. The quantitative estimate of drug-likeness (QED) is 0.824. The number of benzene rings is 1. The monoisotopic (exact) mass is 275 g/mol. The molecule has 2 rings (SSSR count). The number of rotatable bonds is 5. The van der Waals surface area contributed by atoms with Gasteiger partial charge in [0.1, 0.15) is 0 Å². The van der Waals surface area contributed by atoms with Gasteiger partial charge in [0.15, 0.2) is 0 Å². The third-order valence-electron chi connectivity index (χ3n) is 3.92. The Bertz CT molecular complexity index is 439. The van der Waals surface area contributed by atoms with Crippen molar-refractivity contribution >= 4 is 5.91 Å². The molecule has 1 aromatic carbocycles. The lowest BCUT2D eigenvalue weighted by Gasteiger charge is -2.32. The van der Waals surface area contributed by atoms with Gasteiger partial charge in [0, 0.05) is 38.3 Å². The summed E-state index contributed by atoms with van der Waals surface area (Å²) in [6, 6.07) is 7.72. The maximum atomic E-state index is 12.0. The van der Waals surface area contributed by atoms with Crippen LogP contribution in [0.1, 0.15) is 22.3 Å². The first-order valence-corrected chi connectivity index (χ1v) is 7.41. The molecule has 0 aromatic heterocycles. The van der Waals surface area contributed by atoms with Crippen molar-refractivity contribution in [1.29, 1.82) is 0 Å². The first-order valence-electron chi connectivity index (χ1n) is 7.41. The van der Waals surface area contributed by atoms with Crippen LogP contribution in [0.5, 0.6) is 0 Å². The smallest absolute Gasteiger partial charge is 0.251 e. The number of hydrogen-bond donors (Lipinski definition) is 1. The zero-order valence-corrected chi connectivity index (χ0v) is 12.6. The van der Waals surface area contributed by atoms with Gasteiger partial charge in [-0.25, -0.2) is 0 Å². The SMILES string of the molecule is Cc1ccccc1C(=O)NCCCN1CCN(C)CC1. The summed E-state index contributed by atoms with van der Waals surface area (Å²) in [5.74, 6) is 0.0430. The van der Waals surface area contributed by atoms with Crippen molar-refractivity contribution in [3.8, 4) is 0 Å². The molecule has 0 bridgehead atoms. The minimum atomic E-state index is 0.0430. The Kier molecular flexibility index (Phi) is 5.56. The fourth-order valence-electron chi connectivity index (χ4n) is 2.50. The second-order valence-electron chi connectivity index (χ2n) is 5.57. The molecule has 0 atom stereocenters. The van der Waals surface area contributed by atoms with Gasteiger partial charge < -0.3 is 15.1 Å². The molecule has 1 heterocycles. The number of aryl methyl sites for hydroxylation is 1. The zero-order valence-electron chi connectivity index (χ0n) is 12.6. The van der Waals surface area contributed by atoms with Gasteiger partial charge in [-0.05, 0) is 38.6 Å². The molecule has 110 valence electrons. The third-order valence-corrected chi connectivity index (χ3v) is 3.92. The van der Waals surface area contributed by atoms with E-state index >= 15 is 0 Å². The Balaban J connectivity index is 1.66. The van der Waals surface area contributed by atoms with Crippen LogP contribution < -0.4 is 5.32 Å². The molecule has 4 nitrogen and oxygen atoms in total. The van der Waals surface area contributed by atoms with E-state index < -0.39 is 0 Å². The minimum absolute atomic E-state index is 0.0430. The number of nitrogens with one attached hydrogen (secondary N) is 1. The highest BCUT2D eigenvalue weighted by atomic mass is 16.1. The molecule has 1 fully saturated rings. The Labute approximate surface area is 121 Å². The standard InChI is InChI=1S/C16H25N3O/c1-14-6-3-4-7-15(14)16(20)17-8-5-9-19-12-10-18(2)11-13-19/h3-4,6-7H,5,8-13H2,1-2H3,(H,17,20). The molecule has 1 saturated heterocycles. The number of carbonyl (C=O) groups is 1. The second-order valence-corrected chi connectivity index (χ2v) is 5.57. The van der Waals surface area contributed by atoms with Crippen molar-refractivity contribution in [2.24, 2.45) is 0 Å². The summed E-state index contributed by atoms with van der Waals surface area (Å²) in [6.07, 6.45) is 1.02. The molecule has 0 spiro atoms. The van der Waals surface area contributed by atoms with E-state index in [0.717, 1.165) is 56.8 Å². The lowest BCUT2D eigenvalue weighted by molar-refractivity contribution is 0.0949. The van der Waals surface area contributed by atoms with Crippen molar-refractivity contribution in [2.45, 2.75) is 13.3 Å². The Morgan fingerprint density at radius 1 is 1.20 bits per heavy atom. The number of amides is 1. The van der Waals surface area contributed by atoms with E-state index in [1.165, 1.54) is 0 Å². The summed E-state index contributed by atoms with van der Waals surface area (Å²) in [7, 11) is 2.17. The van der Waals surface area contributed by atoms with Crippen LogP contribution in [-0.2, 0) is 0 Å². The van der Waals surface area contributed by atoms with Crippen molar-refractivity contribution in [3.05, 3.63) is 35.4 Å². The fraction of sp³-hybridized carbons (Fsp3) is 0.562. The molecule has 0 unspecified atom stereocenters. The fourth-order valence-corrected chi connectivity index (χ4v) is 2.50. The molecule has 20 heavy (non-hydrogen) atoms. The van der Waals surface area contributed by atoms with Gasteiger partial charge in [0.25, 0.3) is 5.91 Å². The zero-order chi connectivity index (χ0) is 14.4. The first-order chi connectivity index (χ1) is 9.66. The molecule has 1 aliphatic rings. The van der Waals surface area contributed by atoms with Gasteiger partial charge in [0.2, 0.25) is 0 Å². The van der Waals surface area contributed by atoms with Crippen LogP contribution >= 0.6 is 0 Å². The van der Waals surface area contributed by atoms with Gasteiger partial charge in [-0.2, -0.15) is 0 Å². The van der Waals surface area contributed by atoms with E-state index in [2.05, 4.69) is 22.2 Å². The van der Waals surface area contributed by atoms with E-state index in [-0.39, 0.29) is 5.91 Å². The van der Waals surface area contributed by atoms with E-state index in [0.29, 0.717) is 0 Å². The average Bonchev–Trinajstić information content (AvgIpc) is 2.46. The molecule has 0 saturated carbocycles. The van der Waals surface area contributed by atoms with Crippen LogP contribution in [0.4, 0.5) is 0 Å². The average molecular weight is 275 g/mol. The number of hydrogen-bond acceptors (Lipinski definition) is 3. The Hall–Kier alpha value is -1.39. The van der Waals surface area contributed by atoms with E-state index in [4.69, 9.17) is 0 Å². The molecular formula is C16H25N3O. The lowest BCUT2D eigenvalue weighted by Crippen LogP contribution is -2.45. The van der Waals surface area contributed by atoms with Crippen LogP contribution in [0.15, 0.2) is 24.3 Å². The summed E-state index contributed by atoms with van der Waals surface area (Å²) in [6.45, 7) is 8.37. The number of carbonyl (C=O) groups excluding carboxylic acids is 1. The largest absolute Gasteiger partial charge is 0.352 e. The van der Waals surface area contributed by atoms with Gasteiger partial charge in [-0.3, -0.25) is 4.79 Å². The maximum Gasteiger partial charge on any atom is 0.251 e. The van der Waals surface area contributed by atoms with Crippen LogP contribution in [0.2, 0.25) is 0 Å². The van der Waals surface area contributed by atoms with Gasteiger partial charge in [-0.15, -0.1) is 0 Å². The van der Waals surface area contributed by atoms with Crippen molar-refractivity contribution < 1.29 is 4.79 Å². The maximum absolute atomic E-state index is 12.0. The lowest BCUT2D eigenvalue weighted by atomic mass is 10.1. The summed E-state index contributed by atoms with van der Waals surface area (Å²) in [4.78, 5) is 16.9. The summed E-state index contributed by atoms with van der Waals surface area (Å²) < 4.78 is 0. The van der Waals surface area contributed by atoms with Crippen molar-refractivity contribution in [3.63, 3.8) is 0 Å². The van der Waals surface area contributed by atoms with Crippen LogP contribution in [0, 0.1) is 6.92 Å². The summed E-state index contributed by atoms with van der Waals surface area (Å²) in [5.41, 5.74) is 1.82. The molecule has 1 amide bonds. The van der Waals surface area contributed by atoms with Gasteiger partial charge in [-0.1, -0.05) is 18.2 Å². The van der Waals surface area contributed by atoms with Crippen LogP contribution in [-0.4, -0.2) is 62.0 Å². The molecule has 4 heteroatoms. The van der Waals surface area contributed by atoms with Crippen LogP contribution in [0.25, 0.3) is 0 Å². The highest BCUT2D eigenvalue weighted by Crippen LogP contribution is 2.06. The Morgan fingerprint density at radius 2 is 1.90 bits per heavy atom. The highest BCUT2D eigenvalue weighted by Gasteiger charge is 2.13. The van der Waals surface area contributed by atoms with Gasteiger partial charge >= 0.3 is 0 Å². The molecular weight excluding hydrogens is 250 g/mol. The van der Waals surface area contributed by atoms with Gasteiger partial charge in [0.05, 0.1) is 0 Å². The topological polar surface area (TPSA) is 35.6 Å². The minimum Gasteiger partial charge on any atom is -0.352 e. The van der Waals surface area contributed by atoms with Crippen LogP contribution in [0.3, 0.4) is 0 Å². The number of nitrogens with zero attached hydrogens (tertiary/aromatic N) is 2. The van der Waals surface area contributed by atoms with Crippen molar-refractivity contribution in [2.75, 3.05) is 46.3 Å². The van der Waals surface area contributed by atoms with E-state index in [9.17, 15) is 4.79 Å². The highest BCUT2D eigenvalue weighted by molar-refractivity contribution is 5.95. The molecule has 0 radical (unpaired) electrons. The first kappa shape index (κ1) is 15.0. The van der Waals surface area contributed by atoms with E-state index in [1.54, 1.807) is 0 Å².